The molecule has 0 atom stereocenters. The number of halogens is 1. The number of anilines is 1. The summed E-state index contributed by atoms with van der Waals surface area (Å²) in [6, 6.07) is 9.78. The SMILES string of the molecule is CN(CCF)c1ccccc1. The average molecular weight is 153 g/mol. The van der Waals surface area contributed by atoms with Crippen molar-refractivity contribution in [2.75, 3.05) is 25.2 Å². The van der Waals surface area contributed by atoms with E-state index < -0.39 is 0 Å². The molecule has 0 aliphatic rings. The van der Waals surface area contributed by atoms with Gasteiger partial charge in [0.15, 0.2) is 0 Å². The second-order valence-corrected chi connectivity index (χ2v) is 2.45. The molecule has 1 nitrogen and oxygen atoms in total. The van der Waals surface area contributed by atoms with Gasteiger partial charge in [-0.25, -0.2) is 4.39 Å². The third-order valence-electron chi connectivity index (χ3n) is 1.62. The van der Waals surface area contributed by atoms with Gasteiger partial charge in [0.25, 0.3) is 0 Å². The van der Waals surface area contributed by atoms with E-state index in [4.69, 9.17) is 0 Å². The van der Waals surface area contributed by atoms with Crippen molar-refractivity contribution in [3.8, 4) is 0 Å². The minimum absolute atomic E-state index is 0.300. The van der Waals surface area contributed by atoms with Gasteiger partial charge in [0, 0.05) is 19.3 Å². The van der Waals surface area contributed by atoms with Gasteiger partial charge in [0.1, 0.15) is 6.67 Å². The number of alkyl halides is 1. The van der Waals surface area contributed by atoms with E-state index in [1.54, 1.807) is 0 Å². The van der Waals surface area contributed by atoms with Gasteiger partial charge in [-0.2, -0.15) is 0 Å². The van der Waals surface area contributed by atoms with Gasteiger partial charge >= 0.3 is 0 Å². The van der Waals surface area contributed by atoms with Crippen LogP contribution in [-0.2, 0) is 0 Å². The van der Waals surface area contributed by atoms with Gasteiger partial charge in [0.05, 0.1) is 0 Å². The largest absolute Gasteiger partial charge is 0.372 e. The standard InChI is InChI=1S/C9H12FN/c1-11(8-7-10)9-5-3-2-4-6-9/h2-6H,7-8H2,1H3. The Bertz CT molecular complexity index is 198. The van der Waals surface area contributed by atoms with Gasteiger partial charge in [0.2, 0.25) is 0 Å². The van der Waals surface area contributed by atoms with Crippen LogP contribution in [0.4, 0.5) is 10.1 Å². The van der Waals surface area contributed by atoms with Crippen molar-refractivity contribution in [3.05, 3.63) is 30.3 Å². The lowest BCUT2D eigenvalue weighted by atomic mass is 10.3. The molecule has 0 radical (unpaired) electrons. The van der Waals surface area contributed by atoms with Crippen LogP contribution < -0.4 is 4.90 Å². The Morgan fingerprint density at radius 1 is 1.27 bits per heavy atom. The second kappa shape index (κ2) is 3.96. The molecule has 1 rings (SSSR count). The van der Waals surface area contributed by atoms with E-state index in [9.17, 15) is 4.39 Å². The van der Waals surface area contributed by atoms with E-state index in [2.05, 4.69) is 0 Å². The zero-order valence-electron chi connectivity index (χ0n) is 6.63. The Morgan fingerprint density at radius 3 is 2.45 bits per heavy atom. The van der Waals surface area contributed by atoms with Crippen molar-refractivity contribution in [2.45, 2.75) is 0 Å². The molecule has 0 aliphatic carbocycles. The highest BCUT2D eigenvalue weighted by molar-refractivity contribution is 5.44. The topological polar surface area (TPSA) is 3.24 Å². The van der Waals surface area contributed by atoms with Crippen LogP contribution in [0.15, 0.2) is 30.3 Å². The van der Waals surface area contributed by atoms with E-state index in [-0.39, 0.29) is 6.67 Å². The maximum atomic E-state index is 11.9. The third-order valence-corrected chi connectivity index (χ3v) is 1.62. The maximum Gasteiger partial charge on any atom is 0.107 e. The molecule has 0 saturated heterocycles. The number of para-hydroxylation sites is 1. The van der Waals surface area contributed by atoms with Gasteiger partial charge in [-0.3, -0.25) is 0 Å². The van der Waals surface area contributed by atoms with Gasteiger partial charge in [-0.05, 0) is 12.1 Å². The van der Waals surface area contributed by atoms with Crippen LogP contribution in [0.5, 0.6) is 0 Å². The van der Waals surface area contributed by atoms with Gasteiger partial charge in [-0.15, -0.1) is 0 Å². The summed E-state index contributed by atoms with van der Waals surface area (Å²) in [5.41, 5.74) is 1.06. The van der Waals surface area contributed by atoms with E-state index >= 15 is 0 Å². The molecular weight excluding hydrogens is 141 g/mol. The fourth-order valence-electron chi connectivity index (χ4n) is 0.938. The van der Waals surface area contributed by atoms with Crippen molar-refractivity contribution in [2.24, 2.45) is 0 Å². The molecule has 0 aromatic heterocycles. The summed E-state index contributed by atoms with van der Waals surface area (Å²) in [6.45, 7) is 0.162. The summed E-state index contributed by atoms with van der Waals surface area (Å²) in [5.74, 6) is 0. The van der Waals surface area contributed by atoms with Crippen molar-refractivity contribution in [3.63, 3.8) is 0 Å². The predicted octanol–water partition coefficient (Wildman–Crippen LogP) is 2.09. The molecule has 1 aromatic rings. The van der Waals surface area contributed by atoms with E-state index in [1.165, 1.54) is 0 Å². The van der Waals surface area contributed by atoms with Crippen LogP contribution in [0.25, 0.3) is 0 Å². The second-order valence-electron chi connectivity index (χ2n) is 2.45. The van der Waals surface area contributed by atoms with E-state index in [0.29, 0.717) is 6.54 Å². The molecule has 11 heavy (non-hydrogen) atoms. The lowest BCUT2D eigenvalue weighted by Crippen LogP contribution is -2.19. The molecule has 1 aromatic carbocycles. The van der Waals surface area contributed by atoms with Crippen molar-refractivity contribution < 1.29 is 4.39 Å². The zero-order valence-corrected chi connectivity index (χ0v) is 6.63. The van der Waals surface area contributed by atoms with E-state index in [0.717, 1.165) is 5.69 Å². The Kier molecular flexibility index (Phi) is 2.90. The van der Waals surface area contributed by atoms with Crippen LogP contribution in [0.1, 0.15) is 0 Å². The molecule has 60 valence electrons. The minimum Gasteiger partial charge on any atom is -0.372 e. The molecule has 0 N–H and O–H groups in total. The molecule has 0 unspecified atom stereocenters. The van der Waals surface area contributed by atoms with E-state index in [1.807, 2.05) is 42.3 Å². The molecule has 2 heteroatoms. The average Bonchev–Trinajstić information content (AvgIpc) is 2.07. The molecule has 0 spiro atoms. The quantitative estimate of drug-likeness (QED) is 0.642. The first-order valence-electron chi connectivity index (χ1n) is 3.66. The molecule has 0 aliphatic heterocycles. The summed E-state index contributed by atoms with van der Waals surface area (Å²) in [4.78, 5) is 1.89. The van der Waals surface area contributed by atoms with Crippen molar-refractivity contribution >= 4 is 5.69 Å². The lowest BCUT2D eigenvalue weighted by Gasteiger charge is -2.16. The molecule has 0 heterocycles. The molecular formula is C9H12FN. The fourth-order valence-corrected chi connectivity index (χ4v) is 0.938. The molecule has 0 amide bonds. The third kappa shape index (κ3) is 2.22. The summed E-state index contributed by atoms with van der Waals surface area (Å²) < 4.78 is 11.9. The maximum absolute atomic E-state index is 11.9. The molecule has 0 fully saturated rings. The molecule has 0 bridgehead atoms. The minimum atomic E-state index is -0.300. The van der Waals surface area contributed by atoms with Gasteiger partial charge < -0.3 is 4.90 Å². The van der Waals surface area contributed by atoms with Crippen LogP contribution in [0.2, 0.25) is 0 Å². The fraction of sp³-hybridized carbons (Fsp3) is 0.333. The van der Waals surface area contributed by atoms with Gasteiger partial charge in [-0.1, -0.05) is 18.2 Å². The number of hydrogen-bond acceptors (Lipinski definition) is 1. The predicted molar refractivity (Wildman–Crippen MR) is 45.7 cm³/mol. The number of rotatable bonds is 3. The van der Waals surface area contributed by atoms with Crippen LogP contribution in [0, 0.1) is 0 Å². The summed E-state index contributed by atoms with van der Waals surface area (Å²) in [7, 11) is 1.88. The Morgan fingerprint density at radius 2 is 1.91 bits per heavy atom. The van der Waals surface area contributed by atoms with Crippen LogP contribution in [0.3, 0.4) is 0 Å². The highest BCUT2D eigenvalue weighted by atomic mass is 19.1. The zero-order chi connectivity index (χ0) is 8.10. The first-order valence-corrected chi connectivity index (χ1v) is 3.66. The first-order chi connectivity index (χ1) is 5.34. The lowest BCUT2D eigenvalue weighted by molar-refractivity contribution is 0.497. The summed E-state index contributed by atoms with van der Waals surface area (Å²) in [6.07, 6.45) is 0. The highest BCUT2D eigenvalue weighted by Crippen LogP contribution is 2.09. The first kappa shape index (κ1) is 8.05. The Hall–Kier alpha value is -1.05. The Balaban J connectivity index is 2.61. The highest BCUT2D eigenvalue weighted by Gasteiger charge is 1.96. The summed E-state index contributed by atoms with van der Waals surface area (Å²) >= 11 is 0. The number of hydrogen-bond donors (Lipinski definition) is 0. The van der Waals surface area contributed by atoms with Crippen LogP contribution >= 0.6 is 0 Å². The van der Waals surface area contributed by atoms with Crippen LogP contribution in [-0.4, -0.2) is 20.3 Å². The normalized spacial score (nSPS) is 9.64. The smallest absolute Gasteiger partial charge is 0.107 e. The monoisotopic (exact) mass is 153 g/mol. The Labute approximate surface area is 66.5 Å². The number of nitrogens with zero attached hydrogens (tertiary/aromatic N) is 1. The summed E-state index contributed by atoms with van der Waals surface area (Å²) in [5, 5.41) is 0. The van der Waals surface area contributed by atoms with Crippen molar-refractivity contribution in [1.82, 2.24) is 0 Å². The van der Waals surface area contributed by atoms with Crippen molar-refractivity contribution in [1.29, 1.82) is 0 Å². The molecule has 0 saturated carbocycles. The number of benzene rings is 1.